The van der Waals surface area contributed by atoms with E-state index in [1.54, 1.807) is 0 Å². The minimum atomic E-state index is -0.474. The van der Waals surface area contributed by atoms with Crippen molar-refractivity contribution in [1.29, 1.82) is 0 Å². The van der Waals surface area contributed by atoms with Gasteiger partial charge in [0.1, 0.15) is 0 Å². The molecule has 2 amide bonds. The van der Waals surface area contributed by atoms with Crippen LogP contribution in [0.3, 0.4) is 0 Å². The van der Waals surface area contributed by atoms with Gasteiger partial charge in [-0.15, -0.1) is 0 Å². The summed E-state index contributed by atoms with van der Waals surface area (Å²) >= 11 is 0. The van der Waals surface area contributed by atoms with Gasteiger partial charge in [0.15, 0.2) is 0 Å². The zero-order chi connectivity index (χ0) is 14.4. The summed E-state index contributed by atoms with van der Waals surface area (Å²) in [6.45, 7) is 1.66. The zero-order valence-corrected chi connectivity index (χ0v) is 11.1. The van der Waals surface area contributed by atoms with Gasteiger partial charge in [-0.25, -0.2) is 4.79 Å². The predicted molar refractivity (Wildman–Crippen MR) is 75.8 cm³/mol. The van der Waals surface area contributed by atoms with E-state index in [1.165, 1.54) is 30.7 Å². The standard InChI is InChI=1S/C13H18N4O3/c18-13(15-9-7-10-2-1-8-14-10)16-11-3-5-12(6-4-11)17(19)20/h3-6,10,14H,1-2,7-9H2,(H2,15,16,18)/t10-/m0/s1. The van der Waals surface area contributed by atoms with E-state index in [-0.39, 0.29) is 11.7 Å². The van der Waals surface area contributed by atoms with Gasteiger partial charge in [-0.2, -0.15) is 0 Å². The highest BCUT2D eigenvalue weighted by Crippen LogP contribution is 2.15. The Bertz CT molecular complexity index is 469. The normalized spacial score (nSPS) is 17.7. The molecule has 1 aromatic carbocycles. The molecule has 0 unspecified atom stereocenters. The third kappa shape index (κ3) is 4.20. The van der Waals surface area contributed by atoms with Gasteiger partial charge in [0.25, 0.3) is 5.69 Å². The van der Waals surface area contributed by atoms with Crippen molar-refractivity contribution in [1.82, 2.24) is 10.6 Å². The molecule has 1 aromatic rings. The van der Waals surface area contributed by atoms with Crippen molar-refractivity contribution in [3.05, 3.63) is 34.4 Å². The van der Waals surface area contributed by atoms with Gasteiger partial charge >= 0.3 is 6.03 Å². The van der Waals surface area contributed by atoms with Crippen LogP contribution in [-0.2, 0) is 0 Å². The van der Waals surface area contributed by atoms with Gasteiger partial charge in [0, 0.05) is 30.4 Å². The van der Waals surface area contributed by atoms with Crippen LogP contribution in [-0.4, -0.2) is 30.1 Å². The fourth-order valence-electron chi connectivity index (χ4n) is 2.20. The quantitative estimate of drug-likeness (QED) is 0.565. The molecule has 108 valence electrons. The number of amides is 2. The number of hydrogen-bond acceptors (Lipinski definition) is 4. The van der Waals surface area contributed by atoms with Gasteiger partial charge in [0.2, 0.25) is 0 Å². The van der Waals surface area contributed by atoms with Crippen LogP contribution in [0.1, 0.15) is 19.3 Å². The van der Waals surface area contributed by atoms with E-state index in [0.717, 1.165) is 19.4 Å². The lowest BCUT2D eigenvalue weighted by atomic mass is 10.1. The average Bonchev–Trinajstić information content (AvgIpc) is 2.92. The largest absolute Gasteiger partial charge is 0.338 e. The lowest BCUT2D eigenvalue weighted by Crippen LogP contribution is -2.33. The fraction of sp³-hybridized carbons (Fsp3) is 0.462. The van der Waals surface area contributed by atoms with Crippen molar-refractivity contribution < 1.29 is 9.72 Å². The number of hydrogen-bond donors (Lipinski definition) is 3. The van der Waals surface area contributed by atoms with E-state index in [9.17, 15) is 14.9 Å². The third-order valence-corrected chi connectivity index (χ3v) is 3.28. The number of rotatable bonds is 5. The van der Waals surface area contributed by atoms with E-state index in [0.29, 0.717) is 18.3 Å². The lowest BCUT2D eigenvalue weighted by molar-refractivity contribution is -0.384. The molecule has 7 heteroatoms. The van der Waals surface area contributed by atoms with Crippen molar-refractivity contribution >= 4 is 17.4 Å². The second kappa shape index (κ2) is 6.85. The molecule has 1 aliphatic heterocycles. The fourth-order valence-corrected chi connectivity index (χ4v) is 2.20. The molecule has 1 aliphatic rings. The van der Waals surface area contributed by atoms with Crippen LogP contribution < -0.4 is 16.0 Å². The number of benzene rings is 1. The van der Waals surface area contributed by atoms with Gasteiger partial charge in [-0.3, -0.25) is 10.1 Å². The van der Waals surface area contributed by atoms with Crippen LogP contribution in [0, 0.1) is 10.1 Å². The van der Waals surface area contributed by atoms with Crippen LogP contribution >= 0.6 is 0 Å². The first-order chi connectivity index (χ1) is 9.65. The SMILES string of the molecule is O=C(NCC[C@@H]1CCCN1)Nc1ccc([N+](=O)[O-])cc1. The second-order valence-corrected chi connectivity index (χ2v) is 4.77. The number of nitro benzene ring substituents is 1. The Kier molecular flexibility index (Phi) is 4.89. The Labute approximate surface area is 116 Å². The van der Waals surface area contributed by atoms with Crippen LogP contribution in [0.5, 0.6) is 0 Å². The highest BCUT2D eigenvalue weighted by atomic mass is 16.6. The molecule has 1 heterocycles. The number of nitro groups is 1. The molecule has 1 fully saturated rings. The summed E-state index contributed by atoms with van der Waals surface area (Å²) in [5.74, 6) is 0. The van der Waals surface area contributed by atoms with Gasteiger partial charge < -0.3 is 16.0 Å². The minimum Gasteiger partial charge on any atom is -0.338 e. The number of nitrogens with zero attached hydrogens (tertiary/aromatic N) is 1. The molecule has 2 rings (SSSR count). The summed E-state index contributed by atoms with van der Waals surface area (Å²) in [5.41, 5.74) is 0.537. The molecule has 0 aromatic heterocycles. The van der Waals surface area contributed by atoms with Gasteiger partial charge in [-0.1, -0.05) is 0 Å². The number of urea groups is 1. The van der Waals surface area contributed by atoms with Crippen molar-refractivity contribution in [2.45, 2.75) is 25.3 Å². The number of carbonyl (C=O) groups is 1. The number of anilines is 1. The molecular formula is C13H18N4O3. The smallest absolute Gasteiger partial charge is 0.319 e. The Morgan fingerprint density at radius 1 is 1.40 bits per heavy atom. The summed E-state index contributed by atoms with van der Waals surface area (Å²) < 4.78 is 0. The van der Waals surface area contributed by atoms with Crippen LogP contribution in [0.25, 0.3) is 0 Å². The maximum absolute atomic E-state index is 11.6. The summed E-state index contributed by atoms with van der Waals surface area (Å²) in [7, 11) is 0. The average molecular weight is 278 g/mol. The van der Waals surface area contributed by atoms with E-state index in [1.807, 2.05) is 0 Å². The van der Waals surface area contributed by atoms with Gasteiger partial charge in [0.05, 0.1) is 4.92 Å². The van der Waals surface area contributed by atoms with E-state index in [2.05, 4.69) is 16.0 Å². The van der Waals surface area contributed by atoms with Crippen molar-refractivity contribution in [3.63, 3.8) is 0 Å². The van der Waals surface area contributed by atoms with Crippen LogP contribution in [0.2, 0.25) is 0 Å². The molecule has 1 saturated heterocycles. The third-order valence-electron chi connectivity index (χ3n) is 3.28. The zero-order valence-electron chi connectivity index (χ0n) is 11.1. The van der Waals surface area contributed by atoms with Crippen LogP contribution in [0.15, 0.2) is 24.3 Å². The number of nitrogens with one attached hydrogen (secondary N) is 3. The molecule has 7 nitrogen and oxygen atoms in total. The second-order valence-electron chi connectivity index (χ2n) is 4.77. The van der Waals surface area contributed by atoms with Gasteiger partial charge in [-0.05, 0) is 37.9 Å². The molecule has 0 spiro atoms. The first-order valence-electron chi connectivity index (χ1n) is 6.68. The maximum Gasteiger partial charge on any atom is 0.319 e. The lowest BCUT2D eigenvalue weighted by Gasteiger charge is -2.11. The minimum absolute atomic E-state index is 0.00302. The van der Waals surface area contributed by atoms with Crippen molar-refractivity contribution in [2.24, 2.45) is 0 Å². The monoisotopic (exact) mass is 278 g/mol. The Hall–Kier alpha value is -2.15. The summed E-state index contributed by atoms with van der Waals surface area (Å²) in [5, 5.41) is 19.3. The molecule has 0 bridgehead atoms. The molecule has 1 atom stereocenters. The van der Waals surface area contributed by atoms with Crippen LogP contribution in [0.4, 0.5) is 16.2 Å². The Morgan fingerprint density at radius 2 is 2.15 bits per heavy atom. The number of non-ortho nitro benzene ring substituents is 1. The van der Waals surface area contributed by atoms with E-state index < -0.39 is 4.92 Å². The Morgan fingerprint density at radius 3 is 2.75 bits per heavy atom. The van der Waals surface area contributed by atoms with E-state index >= 15 is 0 Å². The molecule has 0 saturated carbocycles. The first-order valence-corrected chi connectivity index (χ1v) is 6.68. The molecule has 0 aliphatic carbocycles. The van der Waals surface area contributed by atoms with E-state index in [4.69, 9.17) is 0 Å². The summed E-state index contributed by atoms with van der Waals surface area (Å²) in [6.07, 6.45) is 3.26. The highest BCUT2D eigenvalue weighted by Gasteiger charge is 2.13. The summed E-state index contributed by atoms with van der Waals surface area (Å²) in [4.78, 5) is 21.7. The highest BCUT2D eigenvalue weighted by molar-refractivity contribution is 5.89. The molecule has 0 radical (unpaired) electrons. The topological polar surface area (TPSA) is 96.3 Å². The first kappa shape index (κ1) is 14.3. The predicted octanol–water partition coefficient (Wildman–Crippen LogP) is 1.86. The summed E-state index contributed by atoms with van der Waals surface area (Å²) in [6, 6.07) is 5.94. The maximum atomic E-state index is 11.6. The molecule has 20 heavy (non-hydrogen) atoms. The Balaban J connectivity index is 1.71. The van der Waals surface area contributed by atoms with Crippen molar-refractivity contribution in [3.8, 4) is 0 Å². The number of carbonyl (C=O) groups excluding carboxylic acids is 1. The molecular weight excluding hydrogens is 260 g/mol. The van der Waals surface area contributed by atoms with Crippen molar-refractivity contribution in [2.75, 3.05) is 18.4 Å². The molecule has 3 N–H and O–H groups in total.